The predicted molar refractivity (Wildman–Crippen MR) is 85.8 cm³/mol. The Labute approximate surface area is 124 Å². The molecule has 1 atom stereocenters. The summed E-state index contributed by atoms with van der Waals surface area (Å²) in [4.78, 5) is 12.4. The number of benzene rings is 2. The zero-order valence-electron chi connectivity index (χ0n) is 11.3. The smallest absolute Gasteiger partial charge is 0.171 e. The van der Waals surface area contributed by atoms with E-state index < -0.39 is 8.15 Å². The van der Waals surface area contributed by atoms with Crippen LogP contribution in [0.3, 0.4) is 0 Å². The fraction of sp³-hybridized carbons (Fsp3) is 0.0556. The Hall–Kier alpha value is -2.18. The van der Waals surface area contributed by atoms with Crippen LogP contribution in [0.2, 0.25) is 0 Å². The van der Waals surface area contributed by atoms with Crippen molar-refractivity contribution >= 4 is 24.8 Å². The highest BCUT2D eigenvalue weighted by Crippen LogP contribution is 2.56. The quantitative estimate of drug-likeness (QED) is 0.741. The molecular formula is C18H13O2P. The van der Waals surface area contributed by atoms with Crippen LogP contribution in [0.15, 0.2) is 72.1 Å². The van der Waals surface area contributed by atoms with Crippen molar-refractivity contribution < 1.29 is 9.32 Å². The molecule has 0 radical (unpaired) electrons. The molecule has 0 saturated carbocycles. The number of fused-ring (bicyclic) bond motifs is 2. The highest BCUT2D eigenvalue weighted by molar-refractivity contribution is 7.67. The Morgan fingerprint density at radius 3 is 2.57 bits per heavy atom. The number of hydrogen-bond donors (Lipinski definition) is 0. The summed E-state index contributed by atoms with van der Waals surface area (Å²) in [6.07, 6.45) is 4.48. The third kappa shape index (κ3) is 2.03. The maximum atomic E-state index is 12.4. The summed E-state index contributed by atoms with van der Waals surface area (Å²) in [5.41, 5.74) is 2.05. The van der Waals surface area contributed by atoms with Crippen LogP contribution in [0.4, 0.5) is 0 Å². The van der Waals surface area contributed by atoms with Gasteiger partial charge < -0.3 is 4.52 Å². The topological polar surface area (TPSA) is 26.3 Å². The van der Waals surface area contributed by atoms with Crippen LogP contribution in [0.1, 0.15) is 12.0 Å². The summed E-state index contributed by atoms with van der Waals surface area (Å²) < 4.78 is 6.21. The molecule has 1 aliphatic carbocycles. The lowest BCUT2D eigenvalue weighted by atomic mass is 9.98. The summed E-state index contributed by atoms with van der Waals surface area (Å²) in [7, 11) is -1.07. The molecule has 0 bridgehead atoms. The maximum absolute atomic E-state index is 12.4. The Bertz CT molecular complexity index is 775. The van der Waals surface area contributed by atoms with Gasteiger partial charge in [0.2, 0.25) is 0 Å². The van der Waals surface area contributed by atoms with Crippen LogP contribution in [0, 0.1) is 0 Å². The lowest BCUT2D eigenvalue weighted by molar-refractivity contribution is -0.114. The third-order valence-electron chi connectivity index (χ3n) is 3.67. The molecule has 1 heterocycles. The van der Waals surface area contributed by atoms with E-state index in [1.165, 1.54) is 0 Å². The highest BCUT2D eigenvalue weighted by atomic mass is 31.1. The summed E-state index contributed by atoms with van der Waals surface area (Å²) in [5, 5.41) is 1.93. The van der Waals surface area contributed by atoms with Gasteiger partial charge in [0, 0.05) is 17.3 Å². The first-order valence-corrected chi connectivity index (χ1v) is 8.17. The van der Waals surface area contributed by atoms with Gasteiger partial charge in [0.25, 0.3) is 0 Å². The number of rotatable bonds is 1. The SMILES string of the molecule is O=C1CC=CC2=C1P(c1ccccc1)Oc1ccccc12. The molecule has 2 aromatic carbocycles. The minimum atomic E-state index is -1.07. The molecule has 2 nitrogen and oxygen atoms in total. The van der Waals surface area contributed by atoms with E-state index in [2.05, 4.69) is 6.08 Å². The van der Waals surface area contributed by atoms with Crippen molar-refractivity contribution in [3.63, 3.8) is 0 Å². The second-order valence-electron chi connectivity index (χ2n) is 5.01. The number of para-hydroxylation sites is 1. The van der Waals surface area contributed by atoms with E-state index in [0.717, 1.165) is 27.5 Å². The fourth-order valence-electron chi connectivity index (χ4n) is 2.71. The Morgan fingerprint density at radius 1 is 0.952 bits per heavy atom. The highest BCUT2D eigenvalue weighted by Gasteiger charge is 2.34. The van der Waals surface area contributed by atoms with Gasteiger partial charge >= 0.3 is 0 Å². The van der Waals surface area contributed by atoms with Crippen LogP contribution in [0.5, 0.6) is 5.75 Å². The largest absolute Gasteiger partial charge is 0.464 e. The number of ketones is 1. The normalized spacial score (nSPS) is 19.8. The van der Waals surface area contributed by atoms with E-state index >= 15 is 0 Å². The molecule has 2 aromatic rings. The van der Waals surface area contributed by atoms with Crippen LogP contribution >= 0.6 is 8.15 Å². The fourth-order valence-corrected chi connectivity index (χ4v) is 4.69. The number of hydrogen-bond acceptors (Lipinski definition) is 2. The van der Waals surface area contributed by atoms with Gasteiger partial charge in [-0.15, -0.1) is 0 Å². The Balaban J connectivity index is 1.95. The summed E-state index contributed by atoms with van der Waals surface area (Å²) in [6, 6.07) is 18.0. The zero-order valence-corrected chi connectivity index (χ0v) is 12.2. The van der Waals surface area contributed by atoms with Gasteiger partial charge in [-0.1, -0.05) is 60.7 Å². The molecule has 0 aromatic heterocycles. The second-order valence-corrected chi connectivity index (χ2v) is 6.74. The Morgan fingerprint density at radius 2 is 1.71 bits per heavy atom. The van der Waals surface area contributed by atoms with Gasteiger partial charge in [-0.05, 0) is 11.6 Å². The van der Waals surface area contributed by atoms with E-state index in [0.29, 0.717) is 6.42 Å². The lowest BCUT2D eigenvalue weighted by Gasteiger charge is -2.30. The van der Waals surface area contributed by atoms with E-state index in [4.69, 9.17) is 4.52 Å². The second kappa shape index (κ2) is 4.98. The lowest BCUT2D eigenvalue weighted by Crippen LogP contribution is -2.18. The molecule has 1 unspecified atom stereocenters. The monoisotopic (exact) mass is 292 g/mol. The number of allylic oxidation sites excluding steroid dienone is 4. The number of carbonyl (C=O) groups is 1. The minimum absolute atomic E-state index is 0.178. The average Bonchev–Trinajstić information content (AvgIpc) is 2.55. The zero-order chi connectivity index (χ0) is 14.2. The molecule has 3 heteroatoms. The first-order chi connectivity index (χ1) is 10.3. The molecule has 102 valence electrons. The molecule has 0 fully saturated rings. The van der Waals surface area contributed by atoms with Crippen molar-refractivity contribution in [2.24, 2.45) is 0 Å². The van der Waals surface area contributed by atoms with Gasteiger partial charge in [0.05, 0.1) is 5.31 Å². The molecule has 2 aliphatic rings. The van der Waals surface area contributed by atoms with Crippen LogP contribution in [-0.4, -0.2) is 5.78 Å². The summed E-state index contributed by atoms with van der Waals surface area (Å²) >= 11 is 0. The molecule has 4 rings (SSSR count). The molecule has 1 aliphatic heterocycles. The van der Waals surface area contributed by atoms with E-state index in [1.807, 2.05) is 60.7 Å². The first-order valence-electron chi connectivity index (χ1n) is 6.91. The van der Waals surface area contributed by atoms with Gasteiger partial charge in [0.1, 0.15) is 5.75 Å². The molecule has 0 amide bonds. The van der Waals surface area contributed by atoms with Gasteiger partial charge in [0.15, 0.2) is 13.9 Å². The van der Waals surface area contributed by atoms with Crippen molar-refractivity contribution in [3.05, 3.63) is 77.6 Å². The number of Topliss-reactive ketones (excluding diaryl/α,β-unsaturated/α-hetero) is 1. The van der Waals surface area contributed by atoms with Crippen molar-refractivity contribution in [1.29, 1.82) is 0 Å². The molecule has 0 spiro atoms. The standard InChI is InChI=1S/C18H13O2P/c19-16-11-6-10-15-14-9-4-5-12-17(14)20-21(18(15)16)13-7-2-1-3-8-13/h1-10,12H,11H2. The average molecular weight is 292 g/mol. The molecule has 0 saturated heterocycles. The van der Waals surface area contributed by atoms with E-state index in [1.54, 1.807) is 0 Å². The van der Waals surface area contributed by atoms with Crippen molar-refractivity contribution in [3.8, 4) is 5.75 Å². The summed E-state index contributed by atoms with van der Waals surface area (Å²) in [6.45, 7) is 0. The molecular weight excluding hydrogens is 279 g/mol. The number of carbonyl (C=O) groups excluding carboxylic acids is 1. The minimum Gasteiger partial charge on any atom is -0.464 e. The van der Waals surface area contributed by atoms with E-state index in [9.17, 15) is 4.79 Å². The third-order valence-corrected chi connectivity index (χ3v) is 5.71. The first kappa shape index (κ1) is 12.6. The Kier molecular flexibility index (Phi) is 2.98. The van der Waals surface area contributed by atoms with Gasteiger partial charge in [-0.2, -0.15) is 0 Å². The predicted octanol–water partition coefficient (Wildman–Crippen LogP) is 4.04. The summed E-state index contributed by atoms with van der Waals surface area (Å²) in [5.74, 6) is 1.04. The van der Waals surface area contributed by atoms with Crippen molar-refractivity contribution in [2.45, 2.75) is 6.42 Å². The van der Waals surface area contributed by atoms with Crippen LogP contribution < -0.4 is 9.83 Å². The van der Waals surface area contributed by atoms with Gasteiger partial charge in [-0.3, -0.25) is 4.79 Å². The van der Waals surface area contributed by atoms with Crippen LogP contribution in [0.25, 0.3) is 5.57 Å². The van der Waals surface area contributed by atoms with Crippen LogP contribution in [-0.2, 0) is 4.79 Å². The van der Waals surface area contributed by atoms with Crippen molar-refractivity contribution in [1.82, 2.24) is 0 Å². The van der Waals surface area contributed by atoms with Crippen molar-refractivity contribution in [2.75, 3.05) is 0 Å². The van der Waals surface area contributed by atoms with E-state index in [-0.39, 0.29) is 5.78 Å². The molecule has 0 N–H and O–H groups in total. The molecule has 21 heavy (non-hydrogen) atoms. The maximum Gasteiger partial charge on any atom is 0.171 e. The van der Waals surface area contributed by atoms with Gasteiger partial charge in [-0.25, -0.2) is 0 Å².